The molecule has 10 nitrogen and oxygen atoms in total. The van der Waals surface area contributed by atoms with Crippen molar-refractivity contribution in [2.45, 2.75) is 45.6 Å². The lowest BCUT2D eigenvalue weighted by atomic mass is 10.1. The molecule has 1 heterocycles. The highest BCUT2D eigenvalue weighted by Gasteiger charge is 2.15. The van der Waals surface area contributed by atoms with Crippen LogP contribution in [0.4, 0.5) is 23.0 Å². The summed E-state index contributed by atoms with van der Waals surface area (Å²) in [5, 5.41) is 10.9. The number of esters is 1. The monoisotopic (exact) mass is 441 g/mol. The van der Waals surface area contributed by atoms with Crippen LogP contribution in [0.15, 0.2) is 46.6 Å². The van der Waals surface area contributed by atoms with E-state index in [4.69, 9.17) is 21.9 Å². The molecule has 0 radical (unpaired) electrons. The van der Waals surface area contributed by atoms with Gasteiger partial charge in [-0.2, -0.15) is 0 Å². The van der Waals surface area contributed by atoms with Crippen LogP contribution in [0.1, 0.15) is 39.5 Å². The first-order valence-electron chi connectivity index (χ1n) is 10.5. The van der Waals surface area contributed by atoms with E-state index in [1.54, 1.807) is 36.4 Å². The Morgan fingerprint density at radius 1 is 1.09 bits per heavy atom. The standard InChI is InChI=1S/C22H31N7O3/c1-14(2)13-20(30)32-18-9-4-3-8-16(18)28-29-17-10-11-19(26-21(17)25)27-22(31)15(24)7-5-6-12-23/h3-4,8-11,14-15H,5-7,12-13,23-24H2,1-2H3,(H3,25,26,27,31)/t15-/m0/s1. The summed E-state index contributed by atoms with van der Waals surface area (Å²) in [7, 11) is 0. The molecular formula is C22H31N7O3. The lowest BCUT2D eigenvalue weighted by Crippen LogP contribution is -2.35. The molecule has 0 aliphatic rings. The molecule has 2 rings (SSSR count). The Labute approximate surface area is 187 Å². The highest BCUT2D eigenvalue weighted by Crippen LogP contribution is 2.31. The van der Waals surface area contributed by atoms with E-state index >= 15 is 0 Å². The molecule has 0 aliphatic heterocycles. The van der Waals surface area contributed by atoms with E-state index in [1.807, 2.05) is 13.8 Å². The Bertz CT molecular complexity index is 947. The Balaban J connectivity index is 2.05. The summed E-state index contributed by atoms with van der Waals surface area (Å²) in [6.45, 7) is 4.43. The predicted octanol–water partition coefficient (Wildman–Crippen LogP) is 3.43. The van der Waals surface area contributed by atoms with Gasteiger partial charge < -0.3 is 27.3 Å². The third kappa shape index (κ3) is 8.05. The van der Waals surface area contributed by atoms with Crippen LogP contribution < -0.4 is 27.3 Å². The maximum absolute atomic E-state index is 12.2. The summed E-state index contributed by atoms with van der Waals surface area (Å²) >= 11 is 0. The average Bonchev–Trinajstić information content (AvgIpc) is 2.73. The Hall–Kier alpha value is -3.37. The Morgan fingerprint density at radius 2 is 1.81 bits per heavy atom. The number of unbranched alkanes of at least 4 members (excludes halogenated alkanes) is 1. The van der Waals surface area contributed by atoms with Crippen LogP contribution >= 0.6 is 0 Å². The van der Waals surface area contributed by atoms with Crippen LogP contribution in [0.25, 0.3) is 0 Å². The third-order valence-corrected chi connectivity index (χ3v) is 4.39. The molecule has 1 aromatic carbocycles. The lowest BCUT2D eigenvalue weighted by molar-refractivity contribution is -0.135. The second kappa shape index (κ2) is 12.5. The molecule has 32 heavy (non-hydrogen) atoms. The van der Waals surface area contributed by atoms with Crippen LogP contribution in [0.3, 0.4) is 0 Å². The number of benzene rings is 1. The zero-order valence-electron chi connectivity index (χ0n) is 18.5. The predicted molar refractivity (Wildman–Crippen MR) is 124 cm³/mol. The van der Waals surface area contributed by atoms with Crippen molar-refractivity contribution in [3.63, 3.8) is 0 Å². The van der Waals surface area contributed by atoms with Gasteiger partial charge in [-0.25, -0.2) is 4.98 Å². The van der Waals surface area contributed by atoms with Gasteiger partial charge in [0.25, 0.3) is 0 Å². The number of nitrogens with one attached hydrogen (secondary N) is 1. The minimum absolute atomic E-state index is 0.0811. The maximum atomic E-state index is 12.2. The number of hydrogen-bond acceptors (Lipinski definition) is 9. The summed E-state index contributed by atoms with van der Waals surface area (Å²) in [6, 6.07) is 9.29. The summed E-state index contributed by atoms with van der Waals surface area (Å²) in [4.78, 5) is 28.3. The minimum atomic E-state index is -0.654. The molecule has 0 saturated heterocycles. The quantitative estimate of drug-likeness (QED) is 0.179. The smallest absolute Gasteiger partial charge is 0.311 e. The normalized spacial score (nSPS) is 12.2. The van der Waals surface area contributed by atoms with E-state index < -0.39 is 6.04 Å². The number of rotatable bonds is 11. The van der Waals surface area contributed by atoms with E-state index in [0.717, 1.165) is 12.8 Å². The highest BCUT2D eigenvalue weighted by atomic mass is 16.5. The van der Waals surface area contributed by atoms with Gasteiger partial charge in [0, 0.05) is 6.42 Å². The number of hydrogen-bond donors (Lipinski definition) is 4. The number of para-hydroxylation sites is 1. The van der Waals surface area contributed by atoms with Crippen LogP contribution in [0, 0.1) is 5.92 Å². The van der Waals surface area contributed by atoms with Crippen molar-refractivity contribution in [2.75, 3.05) is 17.6 Å². The number of nitrogens with zero attached hydrogens (tertiary/aromatic N) is 3. The summed E-state index contributed by atoms with van der Waals surface area (Å²) in [6.07, 6.45) is 2.42. The zero-order valence-corrected chi connectivity index (χ0v) is 18.5. The van der Waals surface area contributed by atoms with Crippen LogP contribution in [0.2, 0.25) is 0 Å². The Kier molecular flexibility index (Phi) is 9.71. The number of nitrogens with two attached hydrogens (primary N) is 3. The van der Waals surface area contributed by atoms with Gasteiger partial charge in [-0.3, -0.25) is 9.59 Å². The van der Waals surface area contributed by atoms with Gasteiger partial charge in [-0.1, -0.05) is 32.4 Å². The maximum Gasteiger partial charge on any atom is 0.311 e. The second-order valence-electron chi connectivity index (χ2n) is 7.72. The van der Waals surface area contributed by atoms with E-state index in [9.17, 15) is 9.59 Å². The van der Waals surface area contributed by atoms with Gasteiger partial charge in [-0.15, -0.1) is 10.2 Å². The molecule has 0 bridgehead atoms. The van der Waals surface area contributed by atoms with Crippen molar-refractivity contribution in [2.24, 2.45) is 27.6 Å². The topological polar surface area (TPSA) is 171 Å². The molecule has 0 fully saturated rings. The number of pyridine rings is 1. The summed E-state index contributed by atoms with van der Waals surface area (Å²) < 4.78 is 5.39. The first-order valence-corrected chi connectivity index (χ1v) is 10.5. The lowest BCUT2D eigenvalue weighted by Gasteiger charge is -2.12. The van der Waals surface area contributed by atoms with Crippen molar-refractivity contribution in [3.05, 3.63) is 36.4 Å². The molecule has 0 saturated carbocycles. The number of carbonyl (C=O) groups excluding carboxylic acids is 2. The SMILES string of the molecule is CC(C)CC(=O)Oc1ccccc1N=Nc1ccc(NC(=O)[C@@H](N)CCCCN)nc1N. The number of aromatic nitrogens is 1. The van der Waals surface area contributed by atoms with E-state index in [0.29, 0.717) is 36.5 Å². The molecular weight excluding hydrogens is 410 g/mol. The van der Waals surface area contributed by atoms with Gasteiger partial charge in [0.2, 0.25) is 5.91 Å². The minimum Gasteiger partial charge on any atom is -0.424 e. The first-order chi connectivity index (χ1) is 15.3. The number of ether oxygens (including phenoxy) is 1. The fourth-order valence-electron chi connectivity index (χ4n) is 2.71. The molecule has 0 spiro atoms. The van der Waals surface area contributed by atoms with Crippen LogP contribution in [-0.4, -0.2) is 29.4 Å². The van der Waals surface area contributed by atoms with Crippen molar-refractivity contribution >= 4 is 34.9 Å². The fourth-order valence-corrected chi connectivity index (χ4v) is 2.71. The van der Waals surface area contributed by atoms with E-state index in [-0.39, 0.29) is 29.4 Å². The van der Waals surface area contributed by atoms with Crippen molar-refractivity contribution in [1.29, 1.82) is 0 Å². The molecule has 2 aromatic rings. The fraction of sp³-hybridized carbons (Fsp3) is 0.409. The van der Waals surface area contributed by atoms with Crippen LogP contribution in [0.5, 0.6) is 5.75 Å². The molecule has 7 N–H and O–H groups in total. The highest BCUT2D eigenvalue weighted by molar-refractivity contribution is 5.94. The molecule has 1 amide bonds. The number of azo groups is 1. The van der Waals surface area contributed by atoms with Crippen LogP contribution in [-0.2, 0) is 9.59 Å². The second-order valence-corrected chi connectivity index (χ2v) is 7.72. The number of anilines is 2. The molecule has 0 unspecified atom stereocenters. The Morgan fingerprint density at radius 3 is 2.50 bits per heavy atom. The zero-order chi connectivity index (χ0) is 23.5. The third-order valence-electron chi connectivity index (χ3n) is 4.39. The van der Waals surface area contributed by atoms with Gasteiger partial charge in [0.1, 0.15) is 17.2 Å². The van der Waals surface area contributed by atoms with Crippen molar-refractivity contribution in [1.82, 2.24) is 4.98 Å². The van der Waals surface area contributed by atoms with Gasteiger partial charge in [0.05, 0.1) is 6.04 Å². The number of carbonyl (C=O) groups is 2. The molecule has 0 aliphatic carbocycles. The average molecular weight is 442 g/mol. The molecule has 172 valence electrons. The number of amides is 1. The molecule has 1 aromatic heterocycles. The summed E-state index contributed by atoms with van der Waals surface area (Å²) in [5.74, 6) is 0.148. The first kappa shape index (κ1) is 24.9. The van der Waals surface area contributed by atoms with E-state index in [2.05, 4.69) is 20.5 Å². The largest absolute Gasteiger partial charge is 0.424 e. The van der Waals surface area contributed by atoms with E-state index in [1.165, 1.54) is 0 Å². The van der Waals surface area contributed by atoms with Gasteiger partial charge in [-0.05, 0) is 49.6 Å². The molecule has 10 heteroatoms. The molecule has 1 atom stereocenters. The van der Waals surface area contributed by atoms with Gasteiger partial charge >= 0.3 is 5.97 Å². The van der Waals surface area contributed by atoms with Crippen molar-refractivity contribution in [3.8, 4) is 5.75 Å². The van der Waals surface area contributed by atoms with Gasteiger partial charge in [0.15, 0.2) is 11.6 Å². The number of nitrogen functional groups attached to an aromatic ring is 1. The summed E-state index contributed by atoms with van der Waals surface area (Å²) in [5.41, 5.74) is 18.0. The van der Waals surface area contributed by atoms with Crippen molar-refractivity contribution < 1.29 is 14.3 Å².